The Morgan fingerprint density at radius 2 is 2.00 bits per heavy atom. The highest BCUT2D eigenvalue weighted by Gasteiger charge is 2.24. The molecule has 1 aromatic carbocycles. The number of nitrogens with one attached hydrogen (secondary N) is 1. The van der Waals surface area contributed by atoms with Gasteiger partial charge in [0.2, 0.25) is 5.91 Å². The van der Waals surface area contributed by atoms with Gasteiger partial charge in [0, 0.05) is 24.5 Å². The lowest BCUT2D eigenvalue weighted by atomic mass is 9.89. The minimum absolute atomic E-state index is 0.0239. The molecule has 1 atom stereocenters. The second-order valence-electron chi connectivity index (χ2n) is 7.53. The SMILES string of the molecule is CC1CN(C(=O)c2ccccc2SCC(=O)NCC2CCCCC2)CCO1. The predicted octanol–water partition coefficient (Wildman–Crippen LogP) is 3.34. The Bertz CT molecular complexity index is 646. The van der Waals surface area contributed by atoms with Crippen molar-refractivity contribution in [2.75, 3.05) is 32.0 Å². The van der Waals surface area contributed by atoms with Gasteiger partial charge in [-0.2, -0.15) is 0 Å². The van der Waals surface area contributed by atoms with E-state index in [1.54, 1.807) is 0 Å². The van der Waals surface area contributed by atoms with Crippen LogP contribution in [-0.4, -0.2) is 54.8 Å². The number of hydrogen-bond donors (Lipinski definition) is 1. The summed E-state index contributed by atoms with van der Waals surface area (Å²) in [5.41, 5.74) is 0.677. The molecule has 3 rings (SSSR count). The maximum Gasteiger partial charge on any atom is 0.255 e. The fourth-order valence-electron chi connectivity index (χ4n) is 3.79. The summed E-state index contributed by atoms with van der Waals surface area (Å²) in [6, 6.07) is 7.58. The van der Waals surface area contributed by atoms with Gasteiger partial charge in [-0.25, -0.2) is 0 Å². The Hall–Kier alpha value is -1.53. The molecule has 5 nitrogen and oxygen atoms in total. The number of benzene rings is 1. The molecule has 0 spiro atoms. The maximum atomic E-state index is 12.9. The zero-order valence-corrected chi connectivity index (χ0v) is 16.9. The van der Waals surface area contributed by atoms with Crippen LogP contribution in [0.1, 0.15) is 49.4 Å². The van der Waals surface area contributed by atoms with Crippen molar-refractivity contribution in [2.45, 2.75) is 50.0 Å². The van der Waals surface area contributed by atoms with Gasteiger partial charge in [0.25, 0.3) is 5.91 Å². The van der Waals surface area contributed by atoms with Gasteiger partial charge in [-0.3, -0.25) is 9.59 Å². The van der Waals surface area contributed by atoms with Crippen LogP contribution in [0.15, 0.2) is 29.2 Å². The standard InChI is InChI=1S/C21H30N2O3S/c1-16-14-23(11-12-26-16)21(25)18-9-5-6-10-19(18)27-15-20(24)22-13-17-7-3-2-4-8-17/h5-6,9-10,16-17H,2-4,7-8,11-15H2,1H3,(H,22,24). The lowest BCUT2D eigenvalue weighted by molar-refractivity contribution is -0.118. The van der Waals surface area contributed by atoms with Gasteiger partial charge < -0.3 is 15.0 Å². The zero-order valence-electron chi connectivity index (χ0n) is 16.1. The highest BCUT2D eigenvalue weighted by atomic mass is 32.2. The fraction of sp³-hybridized carbons (Fsp3) is 0.619. The summed E-state index contributed by atoms with van der Waals surface area (Å²) in [7, 11) is 0. The largest absolute Gasteiger partial charge is 0.375 e. The molecule has 2 amide bonds. The number of carbonyl (C=O) groups is 2. The number of morpholine rings is 1. The molecule has 1 aromatic rings. The molecule has 27 heavy (non-hydrogen) atoms. The maximum absolute atomic E-state index is 12.9. The molecule has 6 heteroatoms. The quantitative estimate of drug-likeness (QED) is 0.757. The Morgan fingerprint density at radius 1 is 1.22 bits per heavy atom. The second-order valence-corrected chi connectivity index (χ2v) is 8.54. The minimum Gasteiger partial charge on any atom is -0.375 e. The van der Waals surface area contributed by atoms with E-state index in [-0.39, 0.29) is 17.9 Å². The van der Waals surface area contributed by atoms with Crippen molar-refractivity contribution in [1.82, 2.24) is 10.2 Å². The first-order chi connectivity index (χ1) is 13.1. The monoisotopic (exact) mass is 390 g/mol. The van der Waals surface area contributed by atoms with Crippen LogP contribution >= 0.6 is 11.8 Å². The lowest BCUT2D eigenvalue weighted by Gasteiger charge is -2.31. The Balaban J connectivity index is 1.52. The third kappa shape index (κ3) is 5.98. The normalized spacial score (nSPS) is 21.1. The van der Waals surface area contributed by atoms with Crippen LogP contribution in [0.5, 0.6) is 0 Å². The smallest absolute Gasteiger partial charge is 0.255 e. The number of rotatable bonds is 6. The zero-order chi connectivity index (χ0) is 19.1. The molecule has 2 aliphatic rings. The number of amides is 2. The number of thioether (sulfide) groups is 1. The third-order valence-corrected chi connectivity index (χ3v) is 6.39. The molecule has 1 saturated carbocycles. The second kappa shape index (κ2) is 10.1. The van der Waals surface area contributed by atoms with Crippen molar-refractivity contribution in [1.29, 1.82) is 0 Å². The molecular formula is C21H30N2O3S. The van der Waals surface area contributed by atoms with E-state index >= 15 is 0 Å². The van der Waals surface area contributed by atoms with Crippen molar-refractivity contribution >= 4 is 23.6 Å². The summed E-state index contributed by atoms with van der Waals surface area (Å²) in [5.74, 6) is 1.05. The summed E-state index contributed by atoms with van der Waals surface area (Å²) < 4.78 is 5.53. The number of nitrogens with zero attached hydrogens (tertiary/aromatic N) is 1. The Kier molecular flexibility index (Phi) is 7.59. The van der Waals surface area contributed by atoms with Gasteiger partial charge in [-0.15, -0.1) is 11.8 Å². The number of ether oxygens (including phenoxy) is 1. The molecule has 0 radical (unpaired) electrons. The van der Waals surface area contributed by atoms with Crippen molar-refractivity contribution in [3.8, 4) is 0 Å². The summed E-state index contributed by atoms with van der Waals surface area (Å²) in [6.45, 7) is 4.57. The summed E-state index contributed by atoms with van der Waals surface area (Å²) in [6.07, 6.45) is 6.40. The first kappa shape index (κ1) is 20.2. The van der Waals surface area contributed by atoms with Gasteiger partial charge in [0.05, 0.1) is 24.0 Å². The minimum atomic E-state index is 0.0239. The molecule has 0 aromatic heterocycles. The molecule has 1 saturated heterocycles. The number of carbonyl (C=O) groups excluding carboxylic acids is 2. The average Bonchev–Trinajstić information content (AvgIpc) is 2.71. The first-order valence-corrected chi connectivity index (χ1v) is 11.0. The van der Waals surface area contributed by atoms with Crippen LogP contribution in [-0.2, 0) is 9.53 Å². The predicted molar refractivity (Wildman–Crippen MR) is 108 cm³/mol. The van der Waals surface area contributed by atoms with Crippen LogP contribution in [0.3, 0.4) is 0 Å². The van der Waals surface area contributed by atoms with E-state index in [0.717, 1.165) is 11.4 Å². The van der Waals surface area contributed by atoms with E-state index < -0.39 is 0 Å². The number of hydrogen-bond acceptors (Lipinski definition) is 4. The van der Waals surface area contributed by atoms with Gasteiger partial charge in [-0.05, 0) is 37.8 Å². The summed E-state index contributed by atoms with van der Waals surface area (Å²) >= 11 is 1.44. The Labute approximate surface area is 166 Å². The topological polar surface area (TPSA) is 58.6 Å². The van der Waals surface area contributed by atoms with Crippen molar-refractivity contribution in [3.63, 3.8) is 0 Å². The van der Waals surface area contributed by atoms with Crippen LogP contribution < -0.4 is 5.32 Å². The van der Waals surface area contributed by atoms with Crippen LogP contribution in [0, 0.1) is 5.92 Å². The van der Waals surface area contributed by atoms with Crippen molar-refractivity contribution in [2.24, 2.45) is 5.92 Å². The molecule has 2 fully saturated rings. The van der Waals surface area contributed by atoms with Gasteiger partial charge in [0.15, 0.2) is 0 Å². The van der Waals surface area contributed by atoms with E-state index in [0.29, 0.717) is 36.9 Å². The van der Waals surface area contributed by atoms with Crippen LogP contribution in [0.4, 0.5) is 0 Å². The van der Waals surface area contributed by atoms with E-state index in [2.05, 4.69) is 5.32 Å². The molecule has 1 heterocycles. The molecular weight excluding hydrogens is 360 g/mol. The summed E-state index contributed by atoms with van der Waals surface area (Å²) in [4.78, 5) is 27.9. The van der Waals surface area contributed by atoms with E-state index in [1.165, 1.54) is 43.9 Å². The van der Waals surface area contributed by atoms with Crippen molar-refractivity contribution < 1.29 is 14.3 Å². The first-order valence-electron chi connectivity index (χ1n) is 10.0. The highest BCUT2D eigenvalue weighted by molar-refractivity contribution is 8.00. The van der Waals surface area contributed by atoms with E-state index in [1.807, 2.05) is 36.1 Å². The van der Waals surface area contributed by atoms with Gasteiger partial charge >= 0.3 is 0 Å². The van der Waals surface area contributed by atoms with Gasteiger partial charge in [0.1, 0.15) is 0 Å². The summed E-state index contributed by atoms with van der Waals surface area (Å²) in [5, 5.41) is 3.07. The molecule has 148 valence electrons. The Morgan fingerprint density at radius 3 is 2.78 bits per heavy atom. The van der Waals surface area contributed by atoms with Crippen molar-refractivity contribution in [3.05, 3.63) is 29.8 Å². The lowest BCUT2D eigenvalue weighted by Crippen LogP contribution is -2.44. The third-order valence-electron chi connectivity index (χ3n) is 5.32. The molecule has 0 bridgehead atoms. The molecule has 1 aliphatic carbocycles. The molecule has 1 aliphatic heterocycles. The van der Waals surface area contributed by atoms with Gasteiger partial charge in [-0.1, -0.05) is 31.4 Å². The fourth-order valence-corrected chi connectivity index (χ4v) is 4.66. The molecule has 1 N–H and O–H groups in total. The van der Waals surface area contributed by atoms with Crippen LogP contribution in [0.25, 0.3) is 0 Å². The average molecular weight is 391 g/mol. The van der Waals surface area contributed by atoms with E-state index in [9.17, 15) is 9.59 Å². The van der Waals surface area contributed by atoms with E-state index in [4.69, 9.17) is 4.74 Å². The molecule has 1 unspecified atom stereocenters. The highest BCUT2D eigenvalue weighted by Crippen LogP contribution is 2.25. The van der Waals surface area contributed by atoms with Crippen LogP contribution in [0.2, 0.25) is 0 Å².